The van der Waals surface area contributed by atoms with E-state index < -0.39 is 0 Å². The Morgan fingerprint density at radius 2 is 2.05 bits per heavy atom. The highest BCUT2D eigenvalue weighted by Crippen LogP contribution is 2.12. The van der Waals surface area contributed by atoms with Gasteiger partial charge in [-0.1, -0.05) is 19.1 Å². The molecule has 2 rings (SSSR count). The summed E-state index contributed by atoms with van der Waals surface area (Å²) in [6.45, 7) is 5.06. The van der Waals surface area contributed by atoms with Gasteiger partial charge < -0.3 is 9.94 Å². The largest absolute Gasteiger partial charge is 0.492 e. The van der Waals surface area contributed by atoms with E-state index in [-0.39, 0.29) is 5.56 Å². The number of nitrogens with one attached hydrogen (secondary N) is 1. The third-order valence-corrected chi connectivity index (χ3v) is 3.32. The molecule has 1 aromatic heterocycles. The fourth-order valence-electron chi connectivity index (χ4n) is 2.24. The molecule has 0 fully saturated rings. The predicted octanol–water partition coefficient (Wildman–Crippen LogP) is 1.67. The molecular weight excluding hydrogens is 282 g/mol. The first-order valence-corrected chi connectivity index (χ1v) is 7.30. The van der Waals surface area contributed by atoms with Crippen LogP contribution >= 0.6 is 0 Å². The first-order chi connectivity index (χ1) is 10.6. The molecule has 0 aliphatic carbocycles. The number of ether oxygens (including phenoxy) is 1. The smallest absolute Gasteiger partial charge is 0.253 e. The molecule has 0 spiro atoms. The molecule has 1 heterocycles. The predicted molar refractivity (Wildman–Crippen MR) is 83.2 cm³/mol. The van der Waals surface area contributed by atoms with Gasteiger partial charge in [-0.05, 0) is 24.6 Å². The van der Waals surface area contributed by atoms with Gasteiger partial charge >= 0.3 is 0 Å². The molecule has 22 heavy (non-hydrogen) atoms. The van der Waals surface area contributed by atoms with Crippen LogP contribution in [0.3, 0.4) is 0 Å². The van der Waals surface area contributed by atoms with E-state index in [1.54, 1.807) is 4.57 Å². The molecular formula is C16H21N3O3. The van der Waals surface area contributed by atoms with Gasteiger partial charge in [0, 0.05) is 24.7 Å². The molecule has 0 saturated heterocycles. The molecule has 0 bridgehead atoms. The van der Waals surface area contributed by atoms with Gasteiger partial charge in [-0.2, -0.15) is 0 Å². The van der Waals surface area contributed by atoms with Crippen molar-refractivity contribution >= 4 is 0 Å². The maximum atomic E-state index is 12.0. The van der Waals surface area contributed by atoms with Crippen molar-refractivity contribution in [1.82, 2.24) is 15.0 Å². The molecule has 6 heteroatoms. The number of benzene rings is 1. The first kappa shape index (κ1) is 16.2. The quantitative estimate of drug-likeness (QED) is 0.761. The van der Waals surface area contributed by atoms with Gasteiger partial charge in [-0.3, -0.25) is 9.36 Å². The zero-order chi connectivity index (χ0) is 15.9. The van der Waals surface area contributed by atoms with Crippen LogP contribution in [0.4, 0.5) is 0 Å². The van der Waals surface area contributed by atoms with Crippen LogP contribution in [0.2, 0.25) is 0 Å². The third-order valence-electron chi connectivity index (χ3n) is 3.32. The second kappa shape index (κ2) is 7.72. The summed E-state index contributed by atoms with van der Waals surface area (Å²) in [4.78, 5) is 16.4. The summed E-state index contributed by atoms with van der Waals surface area (Å²) in [5, 5.41) is 8.63. The van der Waals surface area contributed by atoms with Crippen LogP contribution in [0.15, 0.2) is 35.1 Å². The van der Waals surface area contributed by atoms with Crippen molar-refractivity contribution in [2.45, 2.75) is 33.4 Å². The van der Waals surface area contributed by atoms with Gasteiger partial charge in [0.05, 0.1) is 6.54 Å². The van der Waals surface area contributed by atoms with Gasteiger partial charge in [-0.25, -0.2) is 10.5 Å². The molecule has 2 N–H and O–H groups in total. The van der Waals surface area contributed by atoms with E-state index in [2.05, 4.69) is 10.5 Å². The number of nitrogens with zero attached hydrogens (tertiary/aromatic N) is 2. The standard InChI is InChI=1S/C16H21N3O3/c1-3-15-18-12(2)10-16(20)19(15)8-9-22-14-6-4-13(5-7-14)11-17-21/h4-7,10,17,21H,3,8-9,11H2,1-2H3. The zero-order valence-electron chi connectivity index (χ0n) is 12.9. The van der Waals surface area contributed by atoms with E-state index >= 15 is 0 Å². The Balaban J connectivity index is 1.98. The fraction of sp³-hybridized carbons (Fsp3) is 0.375. The maximum absolute atomic E-state index is 12.0. The minimum atomic E-state index is -0.0441. The summed E-state index contributed by atoms with van der Waals surface area (Å²) in [6.07, 6.45) is 0.708. The number of aromatic nitrogens is 2. The summed E-state index contributed by atoms with van der Waals surface area (Å²) in [6, 6.07) is 8.95. The summed E-state index contributed by atoms with van der Waals surface area (Å²) >= 11 is 0. The Morgan fingerprint density at radius 1 is 1.32 bits per heavy atom. The highest BCUT2D eigenvalue weighted by atomic mass is 16.5. The van der Waals surface area contributed by atoms with Crippen molar-refractivity contribution in [2.75, 3.05) is 6.61 Å². The molecule has 0 atom stereocenters. The lowest BCUT2D eigenvalue weighted by Crippen LogP contribution is -2.27. The maximum Gasteiger partial charge on any atom is 0.253 e. The van der Waals surface area contributed by atoms with Crippen LogP contribution in [0.25, 0.3) is 0 Å². The molecule has 0 radical (unpaired) electrons. The van der Waals surface area contributed by atoms with Crippen molar-refractivity contribution in [3.05, 3.63) is 57.8 Å². The second-order valence-electron chi connectivity index (χ2n) is 4.98. The monoisotopic (exact) mass is 303 g/mol. The van der Waals surface area contributed by atoms with Crippen LogP contribution in [0.1, 0.15) is 24.0 Å². The van der Waals surface area contributed by atoms with Gasteiger partial charge in [-0.15, -0.1) is 0 Å². The Morgan fingerprint density at radius 3 is 2.68 bits per heavy atom. The molecule has 6 nitrogen and oxygen atoms in total. The van der Waals surface area contributed by atoms with Crippen LogP contribution < -0.4 is 15.8 Å². The topological polar surface area (TPSA) is 76.4 Å². The third kappa shape index (κ3) is 4.16. The second-order valence-corrected chi connectivity index (χ2v) is 4.98. The average molecular weight is 303 g/mol. The molecule has 0 saturated carbocycles. The molecule has 0 unspecified atom stereocenters. The van der Waals surface area contributed by atoms with E-state index in [4.69, 9.17) is 9.94 Å². The molecule has 0 aliphatic rings. The van der Waals surface area contributed by atoms with Crippen LogP contribution in [-0.2, 0) is 19.5 Å². The Bertz CT molecular complexity index is 665. The van der Waals surface area contributed by atoms with E-state index in [0.717, 1.165) is 22.8 Å². The normalized spacial score (nSPS) is 10.7. The van der Waals surface area contributed by atoms with Crippen molar-refractivity contribution in [3.8, 4) is 5.75 Å². The highest BCUT2D eigenvalue weighted by Gasteiger charge is 2.05. The van der Waals surface area contributed by atoms with Gasteiger partial charge in [0.1, 0.15) is 18.2 Å². The molecule has 0 amide bonds. The van der Waals surface area contributed by atoms with Crippen molar-refractivity contribution in [3.63, 3.8) is 0 Å². The van der Waals surface area contributed by atoms with E-state index in [1.807, 2.05) is 38.1 Å². The van der Waals surface area contributed by atoms with E-state index in [1.165, 1.54) is 6.07 Å². The number of rotatable bonds is 7. The number of hydrogen-bond donors (Lipinski definition) is 2. The lowest BCUT2D eigenvalue weighted by atomic mass is 10.2. The first-order valence-electron chi connectivity index (χ1n) is 7.30. The average Bonchev–Trinajstić information content (AvgIpc) is 2.51. The Kier molecular flexibility index (Phi) is 5.68. The summed E-state index contributed by atoms with van der Waals surface area (Å²) in [5.74, 6) is 1.51. The fourth-order valence-corrected chi connectivity index (χ4v) is 2.24. The van der Waals surface area contributed by atoms with Gasteiger partial charge in [0.15, 0.2) is 0 Å². The Labute approximate surface area is 129 Å². The molecule has 2 aromatic rings. The number of aryl methyl sites for hydroxylation is 2. The minimum Gasteiger partial charge on any atom is -0.492 e. The molecule has 0 aliphatic heterocycles. The summed E-state index contributed by atoms with van der Waals surface area (Å²) < 4.78 is 7.31. The van der Waals surface area contributed by atoms with Gasteiger partial charge in [0.2, 0.25) is 0 Å². The highest BCUT2D eigenvalue weighted by molar-refractivity contribution is 5.27. The molecule has 118 valence electrons. The SMILES string of the molecule is CCc1nc(C)cc(=O)n1CCOc1ccc(CNO)cc1. The summed E-state index contributed by atoms with van der Waals surface area (Å²) in [5.41, 5.74) is 3.76. The number of hydroxylamine groups is 1. The van der Waals surface area contributed by atoms with Crippen molar-refractivity contribution in [2.24, 2.45) is 0 Å². The lowest BCUT2D eigenvalue weighted by molar-refractivity contribution is 0.161. The van der Waals surface area contributed by atoms with Crippen molar-refractivity contribution in [1.29, 1.82) is 0 Å². The van der Waals surface area contributed by atoms with Crippen LogP contribution in [0, 0.1) is 6.92 Å². The van der Waals surface area contributed by atoms with Crippen LogP contribution in [0.5, 0.6) is 5.75 Å². The van der Waals surface area contributed by atoms with Gasteiger partial charge in [0.25, 0.3) is 5.56 Å². The van der Waals surface area contributed by atoms with E-state index in [9.17, 15) is 4.79 Å². The summed E-state index contributed by atoms with van der Waals surface area (Å²) in [7, 11) is 0. The van der Waals surface area contributed by atoms with Crippen LogP contribution in [-0.4, -0.2) is 21.4 Å². The molecule has 1 aromatic carbocycles. The minimum absolute atomic E-state index is 0.0441. The van der Waals surface area contributed by atoms with E-state index in [0.29, 0.717) is 26.1 Å². The van der Waals surface area contributed by atoms with Crippen molar-refractivity contribution < 1.29 is 9.94 Å². The lowest BCUT2D eigenvalue weighted by Gasteiger charge is -2.12. The number of hydrogen-bond acceptors (Lipinski definition) is 5. The zero-order valence-corrected chi connectivity index (χ0v) is 12.9. The Hall–Kier alpha value is -2.18.